The molecule has 3 atom stereocenters. The van der Waals surface area contributed by atoms with Crippen LogP contribution in [0.2, 0.25) is 0 Å². The van der Waals surface area contributed by atoms with Gasteiger partial charge in [0, 0.05) is 17.6 Å². The second-order valence-electron chi connectivity index (χ2n) is 6.83. The van der Waals surface area contributed by atoms with Crippen molar-refractivity contribution < 1.29 is 13.6 Å². The lowest BCUT2D eigenvalue weighted by Gasteiger charge is -2.39. The highest BCUT2D eigenvalue weighted by molar-refractivity contribution is 5.95. The van der Waals surface area contributed by atoms with Crippen LogP contribution < -0.4 is 0 Å². The Hall–Kier alpha value is -2.23. The Morgan fingerprint density at radius 1 is 0.917 bits per heavy atom. The van der Waals surface area contributed by atoms with Gasteiger partial charge in [0.1, 0.15) is 11.6 Å². The number of amides is 1. The highest BCUT2D eigenvalue weighted by Gasteiger charge is 2.43. The molecule has 2 bridgehead atoms. The van der Waals surface area contributed by atoms with Gasteiger partial charge in [0.2, 0.25) is 0 Å². The van der Waals surface area contributed by atoms with E-state index in [-0.39, 0.29) is 29.6 Å². The van der Waals surface area contributed by atoms with Gasteiger partial charge in [0.05, 0.1) is 0 Å². The first kappa shape index (κ1) is 15.3. The fourth-order valence-corrected chi connectivity index (χ4v) is 4.29. The summed E-state index contributed by atoms with van der Waals surface area (Å²) in [6, 6.07) is 13.0. The van der Waals surface area contributed by atoms with Crippen LogP contribution >= 0.6 is 0 Å². The lowest BCUT2D eigenvalue weighted by molar-refractivity contribution is 0.0571. The first-order chi connectivity index (χ1) is 11.6. The molecule has 2 heterocycles. The largest absolute Gasteiger partial charge is 0.333 e. The summed E-state index contributed by atoms with van der Waals surface area (Å²) in [5.74, 6) is -0.311. The van der Waals surface area contributed by atoms with Crippen molar-refractivity contribution in [2.24, 2.45) is 0 Å². The third-order valence-electron chi connectivity index (χ3n) is 5.38. The molecular formula is C20H19F2NO. The van der Waals surface area contributed by atoms with Gasteiger partial charge >= 0.3 is 0 Å². The molecule has 0 N–H and O–H groups in total. The van der Waals surface area contributed by atoms with Crippen LogP contribution in [-0.2, 0) is 0 Å². The monoisotopic (exact) mass is 327 g/mol. The maximum Gasteiger partial charge on any atom is 0.254 e. The van der Waals surface area contributed by atoms with Crippen molar-refractivity contribution in [1.29, 1.82) is 0 Å². The van der Waals surface area contributed by atoms with Crippen molar-refractivity contribution in [2.45, 2.75) is 43.7 Å². The summed E-state index contributed by atoms with van der Waals surface area (Å²) >= 11 is 0. The number of hydrogen-bond acceptors (Lipinski definition) is 1. The van der Waals surface area contributed by atoms with Crippen molar-refractivity contribution >= 4 is 5.91 Å². The minimum atomic E-state index is -0.380. The van der Waals surface area contributed by atoms with Gasteiger partial charge < -0.3 is 4.90 Å². The molecular weight excluding hydrogens is 308 g/mol. The SMILES string of the molecule is O=C(c1cccc(F)c1)N1[C@@H]2CC[C@H]1CC(c1ccc(F)cc1)C2. The van der Waals surface area contributed by atoms with Crippen molar-refractivity contribution in [2.75, 3.05) is 0 Å². The zero-order chi connectivity index (χ0) is 16.7. The normalized spacial score (nSPS) is 25.8. The molecule has 2 fully saturated rings. The maximum absolute atomic E-state index is 13.4. The molecule has 2 aliphatic rings. The molecule has 2 aliphatic heterocycles. The summed E-state index contributed by atoms with van der Waals surface area (Å²) < 4.78 is 26.5. The molecule has 0 saturated carbocycles. The maximum atomic E-state index is 13.4. The lowest BCUT2D eigenvalue weighted by atomic mass is 9.85. The Bertz CT molecular complexity index is 744. The Kier molecular flexibility index (Phi) is 3.83. The van der Waals surface area contributed by atoms with Crippen LogP contribution in [0.3, 0.4) is 0 Å². The summed E-state index contributed by atoms with van der Waals surface area (Å²) in [5.41, 5.74) is 1.57. The van der Waals surface area contributed by atoms with E-state index in [2.05, 4.69) is 0 Å². The topological polar surface area (TPSA) is 20.3 Å². The van der Waals surface area contributed by atoms with Gasteiger partial charge in [-0.1, -0.05) is 18.2 Å². The molecule has 2 aromatic carbocycles. The molecule has 1 amide bonds. The van der Waals surface area contributed by atoms with Gasteiger partial charge in [0.15, 0.2) is 0 Å². The van der Waals surface area contributed by atoms with Crippen molar-refractivity contribution in [3.8, 4) is 0 Å². The van der Waals surface area contributed by atoms with Crippen LogP contribution in [0.15, 0.2) is 48.5 Å². The number of hydrogen-bond donors (Lipinski definition) is 0. The van der Waals surface area contributed by atoms with E-state index in [0.717, 1.165) is 31.2 Å². The van der Waals surface area contributed by atoms with E-state index in [4.69, 9.17) is 0 Å². The summed E-state index contributed by atoms with van der Waals surface area (Å²) in [4.78, 5) is 14.8. The third kappa shape index (κ3) is 2.70. The van der Waals surface area contributed by atoms with Gasteiger partial charge in [-0.15, -0.1) is 0 Å². The molecule has 4 heteroatoms. The Balaban J connectivity index is 1.55. The van der Waals surface area contributed by atoms with E-state index in [1.54, 1.807) is 12.1 Å². The minimum Gasteiger partial charge on any atom is -0.333 e. The average Bonchev–Trinajstić information content (AvgIpc) is 2.84. The summed E-state index contributed by atoms with van der Waals surface area (Å²) in [6.45, 7) is 0. The number of piperidine rings is 1. The average molecular weight is 327 g/mol. The predicted molar refractivity (Wildman–Crippen MR) is 87.8 cm³/mol. The number of fused-ring (bicyclic) bond motifs is 2. The van der Waals surface area contributed by atoms with Gasteiger partial charge in [-0.3, -0.25) is 4.79 Å². The highest BCUT2D eigenvalue weighted by atomic mass is 19.1. The van der Waals surface area contributed by atoms with Crippen LogP contribution in [0.5, 0.6) is 0 Å². The van der Waals surface area contributed by atoms with Crippen LogP contribution in [0, 0.1) is 11.6 Å². The predicted octanol–water partition coefficient (Wildman–Crippen LogP) is 4.52. The molecule has 1 unspecified atom stereocenters. The fraction of sp³-hybridized carbons (Fsp3) is 0.350. The van der Waals surface area contributed by atoms with Crippen molar-refractivity contribution in [1.82, 2.24) is 4.90 Å². The van der Waals surface area contributed by atoms with Gasteiger partial charge in [-0.2, -0.15) is 0 Å². The number of nitrogens with zero attached hydrogens (tertiary/aromatic N) is 1. The molecule has 2 aromatic rings. The Labute approximate surface area is 140 Å². The Morgan fingerprint density at radius 2 is 1.58 bits per heavy atom. The summed E-state index contributed by atoms with van der Waals surface area (Å²) in [5, 5.41) is 0. The van der Waals surface area contributed by atoms with Crippen molar-refractivity contribution in [3.63, 3.8) is 0 Å². The van der Waals surface area contributed by atoms with E-state index in [0.29, 0.717) is 11.5 Å². The molecule has 0 aromatic heterocycles. The number of benzene rings is 2. The number of halogens is 2. The van der Waals surface area contributed by atoms with Crippen molar-refractivity contribution in [3.05, 3.63) is 71.3 Å². The van der Waals surface area contributed by atoms with Crippen LogP contribution in [0.25, 0.3) is 0 Å². The summed E-state index contributed by atoms with van der Waals surface area (Å²) in [6.07, 6.45) is 3.76. The first-order valence-corrected chi connectivity index (χ1v) is 8.45. The van der Waals surface area contributed by atoms with Crippen LogP contribution in [0.4, 0.5) is 8.78 Å². The molecule has 2 nitrogen and oxygen atoms in total. The van der Waals surface area contributed by atoms with Gasteiger partial charge in [-0.05, 0) is 67.5 Å². The van der Waals surface area contributed by atoms with E-state index >= 15 is 0 Å². The number of rotatable bonds is 2. The third-order valence-corrected chi connectivity index (χ3v) is 5.38. The fourth-order valence-electron chi connectivity index (χ4n) is 4.29. The van der Waals surface area contributed by atoms with E-state index in [1.807, 2.05) is 17.0 Å². The van der Waals surface area contributed by atoms with Crippen LogP contribution in [0.1, 0.15) is 47.5 Å². The van der Waals surface area contributed by atoms with Crippen LogP contribution in [-0.4, -0.2) is 22.9 Å². The molecule has 4 rings (SSSR count). The lowest BCUT2D eigenvalue weighted by Crippen LogP contribution is -2.46. The highest BCUT2D eigenvalue weighted by Crippen LogP contribution is 2.43. The zero-order valence-electron chi connectivity index (χ0n) is 13.3. The smallest absolute Gasteiger partial charge is 0.254 e. The van der Waals surface area contributed by atoms with E-state index < -0.39 is 0 Å². The summed E-state index contributed by atoms with van der Waals surface area (Å²) in [7, 11) is 0. The Morgan fingerprint density at radius 3 is 2.21 bits per heavy atom. The molecule has 24 heavy (non-hydrogen) atoms. The molecule has 0 radical (unpaired) electrons. The minimum absolute atomic E-state index is 0.0699. The standard InChI is InChI=1S/C20H19F2NO/c21-16-6-4-13(5-7-16)15-11-18-8-9-19(12-15)23(18)20(24)14-2-1-3-17(22)10-14/h1-7,10,15,18-19H,8-9,11-12H2/t15?,18-,19+. The second-order valence-corrected chi connectivity index (χ2v) is 6.83. The number of carbonyl (C=O) groups excluding carboxylic acids is 1. The quantitative estimate of drug-likeness (QED) is 0.794. The van der Waals surface area contributed by atoms with E-state index in [9.17, 15) is 13.6 Å². The zero-order valence-corrected chi connectivity index (χ0v) is 13.3. The molecule has 2 saturated heterocycles. The molecule has 124 valence electrons. The van der Waals surface area contributed by atoms with E-state index in [1.165, 1.54) is 24.3 Å². The number of carbonyl (C=O) groups is 1. The van der Waals surface area contributed by atoms with Gasteiger partial charge in [-0.25, -0.2) is 8.78 Å². The molecule has 0 spiro atoms. The second kappa shape index (κ2) is 6.00. The first-order valence-electron chi connectivity index (χ1n) is 8.45. The molecule has 0 aliphatic carbocycles. The van der Waals surface area contributed by atoms with Gasteiger partial charge in [0.25, 0.3) is 5.91 Å².